The first-order chi connectivity index (χ1) is 9.90. The molecule has 0 radical (unpaired) electrons. The monoisotopic (exact) mass is 295 g/mol. The lowest BCUT2D eigenvalue weighted by atomic mass is 10.2. The van der Waals surface area contributed by atoms with Crippen molar-refractivity contribution in [2.45, 2.75) is 25.4 Å². The Morgan fingerprint density at radius 1 is 1.43 bits per heavy atom. The summed E-state index contributed by atoms with van der Waals surface area (Å²) in [6.45, 7) is -0.107. The molecule has 0 bridgehead atoms. The Balaban J connectivity index is 2.20. The zero-order valence-electron chi connectivity index (χ0n) is 11.0. The van der Waals surface area contributed by atoms with Gasteiger partial charge in [-0.2, -0.15) is 0 Å². The Morgan fingerprint density at radius 2 is 2.14 bits per heavy atom. The number of hydrogen-bond acceptors (Lipinski definition) is 5. The van der Waals surface area contributed by atoms with E-state index in [0.29, 0.717) is 19.4 Å². The highest BCUT2D eigenvalue weighted by Crippen LogP contribution is 2.18. The second kappa shape index (κ2) is 5.73. The molecule has 0 spiro atoms. The zero-order chi connectivity index (χ0) is 15.6. The molecule has 1 fully saturated rings. The van der Waals surface area contributed by atoms with Crippen molar-refractivity contribution in [3.8, 4) is 0 Å². The van der Waals surface area contributed by atoms with Gasteiger partial charge in [0.2, 0.25) is 5.91 Å². The molecule has 9 heteroatoms. The van der Waals surface area contributed by atoms with Crippen molar-refractivity contribution >= 4 is 17.6 Å². The SMILES string of the molecule is O=C(O)C1CCCN1C(=O)Cn1cc([N+](=O)[O-])ccc1=O. The molecule has 1 aromatic heterocycles. The summed E-state index contributed by atoms with van der Waals surface area (Å²) in [5.41, 5.74) is -0.862. The second-order valence-corrected chi connectivity index (χ2v) is 4.69. The van der Waals surface area contributed by atoms with E-state index in [1.54, 1.807) is 0 Å². The van der Waals surface area contributed by atoms with Gasteiger partial charge in [-0.1, -0.05) is 0 Å². The minimum Gasteiger partial charge on any atom is -0.480 e. The van der Waals surface area contributed by atoms with Crippen LogP contribution in [0, 0.1) is 10.1 Å². The van der Waals surface area contributed by atoms with Crippen LogP contribution in [0.3, 0.4) is 0 Å². The van der Waals surface area contributed by atoms with Crippen LogP contribution in [-0.4, -0.2) is 44.0 Å². The molecule has 2 rings (SSSR count). The maximum atomic E-state index is 12.1. The standard InChI is InChI=1S/C12H13N3O6/c16-10-4-3-8(15(20)21)6-13(10)7-11(17)14-5-1-2-9(14)12(18)19/h3-4,6,9H,1-2,5,7H2,(H,18,19). The lowest BCUT2D eigenvalue weighted by Gasteiger charge is -2.21. The van der Waals surface area contributed by atoms with E-state index in [-0.39, 0.29) is 5.69 Å². The van der Waals surface area contributed by atoms with E-state index >= 15 is 0 Å². The number of carbonyl (C=O) groups excluding carboxylic acids is 1. The number of rotatable bonds is 4. The average Bonchev–Trinajstić information content (AvgIpc) is 2.90. The molecule has 1 N–H and O–H groups in total. The molecular weight excluding hydrogens is 282 g/mol. The van der Waals surface area contributed by atoms with Crippen LogP contribution in [0.5, 0.6) is 0 Å². The van der Waals surface area contributed by atoms with Crippen molar-refractivity contribution in [2.24, 2.45) is 0 Å². The van der Waals surface area contributed by atoms with E-state index in [2.05, 4.69) is 0 Å². The molecule has 21 heavy (non-hydrogen) atoms. The van der Waals surface area contributed by atoms with Crippen molar-refractivity contribution in [3.63, 3.8) is 0 Å². The van der Waals surface area contributed by atoms with Gasteiger partial charge in [-0.15, -0.1) is 0 Å². The first kappa shape index (κ1) is 14.7. The van der Waals surface area contributed by atoms with Gasteiger partial charge >= 0.3 is 5.97 Å². The number of nitro groups is 1. The zero-order valence-corrected chi connectivity index (χ0v) is 11.0. The largest absolute Gasteiger partial charge is 0.480 e. The highest BCUT2D eigenvalue weighted by molar-refractivity contribution is 5.84. The third kappa shape index (κ3) is 3.07. The molecule has 2 heterocycles. The van der Waals surface area contributed by atoms with E-state index in [0.717, 1.165) is 22.9 Å². The van der Waals surface area contributed by atoms with E-state index in [9.17, 15) is 24.5 Å². The van der Waals surface area contributed by atoms with Crippen LogP contribution >= 0.6 is 0 Å². The fourth-order valence-electron chi connectivity index (χ4n) is 2.31. The van der Waals surface area contributed by atoms with Crippen molar-refractivity contribution in [2.75, 3.05) is 6.54 Å². The summed E-state index contributed by atoms with van der Waals surface area (Å²) >= 11 is 0. The Bertz CT molecular complexity index is 653. The summed E-state index contributed by atoms with van der Waals surface area (Å²) < 4.78 is 0.914. The van der Waals surface area contributed by atoms with Crippen LogP contribution < -0.4 is 5.56 Å². The minimum absolute atomic E-state index is 0.305. The molecule has 1 atom stereocenters. The van der Waals surface area contributed by atoms with Gasteiger partial charge in [0, 0.05) is 18.7 Å². The Kier molecular flexibility index (Phi) is 4.01. The average molecular weight is 295 g/mol. The molecule has 0 aromatic carbocycles. The highest BCUT2D eigenvalue weighted by Gasteiger charge is 2.33. The molecule has 1 aromatic rings. The van der Waals surface area contributed by atoms with Crippen molar-refractivity contribution in [1.29, 1.82) is 0 Å². The van der Waals surface area contributed by atoms with Crippen molar-refractivity contribution in [1.82, 2.24) is 9.47 Å². The lowest BCUT2D eigenvalue weighted by molar-refractivity contribution is -0.385. The van der Waals surface area contributed by atoms with Gasteiger partial charge in [0.25, 0.3) is 11.2 Å². The Hall–Kier alpha value is -2.71. The quantitative estimate of drug-likeness (QED) is 0.607. The highest BCUT2D eigenvalue weighted by atomic mass is 16.6. The molecule has 0 aliphatic carbocycles. The van der Waals surface area contributed by atoms with Gasteiger partial charge < -0.3 is 10.0 Å². The van der Waals surface area contributed by atoms with Gasteiger partial charge in [-0.05, 0) is 12.8 Å². The number of carboxylic acids is 1. The topological polar surface area (TPSA) is 123 Å². The third-order valence-corrected chi connectivity index (χ3v) is 3.34. The summed E-state index contributed by atoms with van der Waals surface area (Å²) in [6.07, 6.45) is 1.92. The minimum atomic E-state index is -1.09. The van der Waals surface area contributed by atoms with Gasteiger partial charge in [0.15, 0.2) is 0 Å². The predicted molar refractivity (Wildman–Crippen MR) is 69.7 cm³/mol. The molecule has 1 aliphatic rings. The predicted octanol–water partition coefficient (Wildman–Crippen LogP) is -0.168. The second-order valence-electron chi connectivity index (χ2n) is 4.69. The van der Waals surface area contributed by atoms with E-state index in [1.165, 1.54) is 4.90 Å². The van der Waals surface area contributed by atoms with Crippen LogP contribution in [0.2, 0.25) is 0 Å². The number of carbonyl (C=O) groups is 2. The summed E-state index contributed by atoms with van der Waals surface area (Å²) in [4.78, 5) is 45.9. The molecule has 1 unspecified atom stereocenters. The number of pyridine rings is 1. The number of aliphatic carboxylic acids is 1. The number of amides is 1. The maximum Gasteiger partial charge on any atom is 0.326 e. The summed E-state index contributed by atoms with van der Waals surface area (Å²) in [6, 6.07) is 1.16. The number of hydrogen-bond donors (Lipinski definition) is 1. The molecule has 1 amide bonds. The first-order valence-corrected chi connectivity index (χ1v) is 6.27. The van der Waals surface area contributed by atoms with Crippen LogP contribution in [0.4, 0.5) is 5.69 Å². The molecule has 1 saturated heterocycles. The first-order valence-electron chi connectivity index (χ1n) is 6.27. The number of nitrogens with zero attached hydrogens (tertiary/aromatic N) is 3. The molecule has 0 saturated carbocycles. The molecular formula is C12H13N3O6. The van der Waals surface area contributed by atoms with Crippen LogP contribution in [0.15, 0.2) is 23.1 Å². The third-order valence-electron chi connectivity index (χ3n) is 3.34. The van der Waals surface area contributed by atoms with Crippen LogP contribution in [-0.2, 0) is 16.1 Å². The normalized spacial score (nSPS) is 17.7. The summed E-state index contributed by atoms with van der Waals surface area (Å²) in [5, 5.41) is 19.7. The van der Waals surface area contributed by atoms with Crippen LogP contribution in [0.25, 0.3) is 0 Å². The molecule has 1 aliphatic heterocycles. The fraction of sp³-hybridized carbons (Fsp3) is 0.417. The summed E-state index contributed by atoms with van der Waals surface area (Å²) in [7, 11) is 0. The maximum absolute atomic E-state index is 12.1. The smallest absolute Gasteiger partial charge is 0.326 e. The Morgan fingerprint density at radius 3 is 2.76 bits per heavy atom. The van der Waals surface area contributed by atoms with E-state index < -0.39 is 34.9 Å². The van der Waals surface area contributed by atoms with E-state index in [4.69, 9.17) is 5.11 Å². The van der Waals surface area contributed by atoms with Crippen molar-refractivity contribution in [3.05, 3.63) is 38.8 Å². The van der Waals surface area contributed by atoms with E-state index in [1.807, 2.05) is 0 Å². The van der Waals surface area contributed by atoms with Gasteiger partial charge in [0.05, 0.1) is 11.1 Å². The molecule has 9 nitrogen and oxygen atoms in total. The van der Waals surface area contributed by atoms with Gasteiger partial charge in [-0.3, -0.25) is 24.3 Å². The molecule has 112 valence electrons. The number of likely N-dealkylation sites (tertiary alicyclic amines) is 1. The lowest BCUT2D eigenvalue weighted by Crippen LogP contribution is -2.43. The summed E-state index contributed by atoms with van der Waals surface area (Å²) in [5.74, 6) is -1.63. The van der Waals surface area contributed by atoms with Crippen LogP contribution in [0.1, 0.15) is 12.8 Å². The number of carboxylic acid groups (broad SMARTS) is 1. The van der Waals surface area contributed by atoms with Crippen molar-refractivity contribution < 1.29 is 19.6 Å². The number of aromatic nitrogens is 1. The Labute approximate surface area is 118 Å². The van der Waals surface area contributed by atoms with Gasteiger partial charge in [-0.25, -0.2) is 4.79 Å². The van der Waals surface area contributed by atoms with Gasteiger partial charge in [0.1, 0.15) is 12.6 Å². The fourth-order valence-corrected chi connectivity index (χ4v) is 2.31.